The van der Waals surface area contributed by atoms with Gasteiger partial charge < -0.3 is 15.2 Å². The summed E-state index contributed by atoms with van der Waals surface area (Å²) in [6, 6.07) is 0. The lowest BCUT2D eigenvalue weighted by molar-refractivity contribution is 0.0394. The fourth-order valence-corrected chi connectivity index (χ4v) is 0.518. The first kappa shape index (κ1) is 10.4. The van der Waals surface area contributed by atoms with E-state index in [0.29, 0.717) is 19.8 Å². The average Bonchev–Trinajstić information content (AvgIpc) is 1.97. The Hall–Kier alpha value is -0.610. The van der Waals surface area contributed by atoms with E-state index in [1.807, 2.05) is 6.92 Å². The fourth-order valence-electron chi connectivity index (χ4n) is 0.518. The maximum atomic E-state index is 6.99. The summed E-state index contributed by atoms with van der Waals surface area (Å²) in [5.41, 5.74) is 5.17. The van der Waals surface area contributed by atoms with Crippen molar-refractivity contribution in [1.82, 2.24) is 0 Å². The zero-order valence-corrected chi connectivity index (χ0v) is 7.09. The molecular weight excluding hydrogens is 144 g/mol. The number of nitrogens with one attached hydrogen (secondary N) is 1. The molecule has 0 aromatic carbocycles. The Balaban J connectivity index is 3.17. The van der Waals surface area contributed by atoms with Crippen LogP contribution in [0.25, 0.3) is 0 Å². The Morgan fingerprint density at radius 2 is 2.18 bits per heavy atom. The Morgan fingerprint density at radius 1 is 1.55 bits per heavy atom. The first-order chi connectivity index (χ1) is 5.18. The average molecular weight is 160 g/mol. The van der Waals surface area contributed by atoms with Gasteiger partial charge in [0.05, 0.1) is 13.2 Å². The molecule has 11 heavy (non-hydrogen) atoms. The van der Waals surface area contributed by atoms with E-state index < -0.39 is 0 Å². The monoisotopic (exact) mass is 160 g/mol. The molecule has 66 valence electrons. The standard InChI is InChI=1S/C7H16N2O2/c1-3-10-4-5-11-6(2)7(8)9/h6H,3-5H2,1-2H3,(H3,8,9). The molecule has 0 bridgehead atoms. The van der Waals surface area contributed by atoms with E-state index in [4.69, 9.17) is 20.6 Å². The SMILES string of the molecule is CCOCCOC(C)C(=N)N. The Kier molecular flexibility index (Phi) is 5.78. The Labute approximate surface area is 67.2 Å². The fraction of sp³-hybridized carbons (Fsp3) is 0.857. The normalized spacial score (nSPS) is 12.9. The first-order valence-electron chi connectivity index (χ1n) is 3.71. The smallest absolute Gasteiger partial charge is 0.120 e. The summed E-state index contributed by atoms with van der Waals surface area (Å²) in [6.07, 6.45) is -0.296. The largest absolute Gasteiger partial charge is 0.385 e. The van der Waals surface area contributed by atoms with Crippen molar-refractivity contribution >= 4 is 5.84 Å². The van der Waals surface area contributed by atoms with Gasteiger partial charge in [-0.3, -0.25) is 5.41 Å². The van der Waals surface area contributed by atoms with Gasteiger partial charge in [0.1, 0.15) is 11.9 Å². The maximum Gasteiger partial charge on any atom is 0.120 e. The molecule has 0 heterocycles. The molecule has 0 aliphatic heterocycles. The minimum atomic E-state index is -0.296. The molecule has 0 spiro atoms. The molecule has 0 aliphatic carbocycles. The Bertz CT molecular complexity index is 117. The van der Waals surface area contributed by atoms with Crippen LogP contribution in [0.2, 0.25) is 0 Å². The van der Waals surface area contributed by atoms with Gasteiger partial charge in [-0.1, -0.05) is 0 Å². The lowest BCUT2D eigenvalue weighted by Gasteiger charge is -2.10. The van der Waals surface area contributed by atoms with E-state index in [0.717, 1.165) is 0 Å². The minimum Gasteiger partial charge on any atom is -0.385 e. The number of hydrogen-bond donors (Lipinski definition) is 2. The number of hydrogen-bond acceptors (Lipinski definition) is 3. The molecule has 0 amide bonds. The van der Waals surface area contributed by atoms with Crippen LogP contribution < -0.4 is 5.73 Å². The lowest BCUT2D eigenvalue weighted by Crippen LogP contribution is -2.28. The van der Waals surface area contributed by atoms with Crippen molar-refractivity contribution in [3.05, 3.63) is 0 Å². The topological polar surface area (TPSA) is 68.3 Å². The predicted octanol–water partition coefficient (Wildman–Crippen LogP) is 0.364. The van der Waals surface area contributed by atoms with Gasteiger partial charge in [-0.05, 0) is 13.8 Å². The molecule has 0 aromatic heterocycles. The van der Waals surface area contributed by atoms with Crippen LogP contribution in [0.4, 0.5) is 0 Å². The minimum absolute atomic E-state index is 0.0569. The zero-order valence-electron chi connectivity index (χ0n) is 7.09. The second-order valence-corrected chi connectivity index (χ2v) is 2.17. The van der Waals surface area contributed by atoms with E-state index in [-0.39, 0.29) is 11.9 Å². The van der Waals surface area contributed by atoms with Crippen molar-refractivity contribution in [2.45, 2.75) is 20.0 Å². The number of nitrogens with two attached hydrogens (primary N) is 1. The maximum absolute atomic E-state index is 6.99. The highest BCUT2D eigenvalue weighted by Crippen LogP contribution is 1.88. The van der Waals surface area contributed by atoms with Crippen LogP contribution in [0.15, 0.2) is 0 Å². The number of amidine groups is 1. The van der Waals surface area contributed by atoms with Gasteiger partial charge in [0, 0.05) is 6.61 Å². The summed E-state index contributed by atoms with van der Waals surface area (Å²) in [7, 11) is 0. The van der Waals surface area contributed by atoms with Crippen LogP contribution in [-0.2, 0) is 9.47 Å². The first-order valence-corrected chi connectivity index (χ1v) is 3.71. The summed E-state index contributed by atoms with van der Waals surface area (Å²) in [5.74, 6) is 0.0569. The van der Waals surface area contributed by atoms with Gasteiger partial charge in [-0.2, -0.15) is 0 Å². The highest BCUT2D eigenvalue weighted by Gasteiger charge is 2.03. The van der Waals surface area contributed by atoms with Crippen molar-refractivity contribution in [2.24, 2.45) is 5.73 Å². The Morgan fingerprint density at radius 3 is 2.64 bits per heavy atom. The van der Waals surface area contributed by atoms with Crippen LogP contribution in [0.3, 0.4) is 0 Å². The van der Waals surface area contributed by atoms with E-state index in [1.165, 1.54) is 0 Å². The van der Waals surface area contributed by atoms with E-state index in [2.05, 4.69) is 0 Å². The number of ether oxygens (including phenoxy) is 2. The molecule has 0 aromatic rings. The van der Waals surface area contributed by atoms with Gasteiger partial charge >= 0.3 is 0 Å². The van der Waals surface area contributed by atoms with Crippen molar-refractivity contribution in [1.29, 1.82) is 5.41 Å². The number of rotatable bonds is 6. The molecular formula is C7H16N2O2. The molecule has 3 N–H and O–H groups in total. The summed E-state index contributed by atoms with van der Waals surface area (Å²) in [4.78, 5) is 0. The highest BCUT2D eigenvalue weighted by molar-refractivity contribution is 5.81. The van der Waals surface area contributed by atoms with Gasteiger partial charge in [-0.25, -0.2) is 0 Å². The molecule has 1 unspecified atom stereocenters. The van der Waals surface area contributed by atoms with Crippen LogP contribution >= 0.6 is 0 Å². The van der Waals surface area contributed by atoms with Gasteiger partial charge in [0.25, 0.3) is 0 Å². The third-order valence-corrected chi connectivity index (χ3v) is 1.24. The summed E-state index contributed by atoms with van der Waals surface area (Å²) >= 11 is 0. The molecule has 0 fully saturated rings. The summed E-state index contributed by atoms with van der Waals surface area (Å²) < 4.78 is 10.2. The second-order valence-electron chi connectivity index (χ2n) is 2.17. The second kappa shape index (κ2) is 6.12. The quantitative estimate of drug-likeness (QED) is 0.335. The third kappa shape index (κ3) is 5.82. The van der Waals surface area contributed by atoms with Crippen molar-refractivity contribution < 1.29 is 9.47 Å². The van der Waals surface area contributed by atoms with E-state index in [9.17, 15) is 0 Å². The summed E-state index contributed by atoms with van der Waals surface area (Å²) in [5, 5.41) is 6.99. The van der Waals surface area contributed by atoms with E-state index in [1.54, 1.807) is 6.92 Å². The van der Waals surface area contributed by atoms with Gasteiger partial charge in [0.2, 0.25) is 0 Å². The molecule has 0 saturated carbocycles. The van der Waals surface area contributed by atoms with Crippen molar-refractivity contribution in [3.8, 4) is 0 Å². The van der Waals surface area contributed by atoms with Gasteiger partial charge in [-0.15, -0.1) is 0 Å². The molecule has 4 heteroatoms. The zero-order chi connectivity index (χ0) is 8.69. The van der Waals surface area contributed by atoms with Gasteiger partial charge in [0.15, 0.2) is 0 Å². The predicted molar refractivity (Wildman–Crippen MR) is 43.8 cm³/mol. The van der Waals surface area contributed by atoms with Crippen molar-refractivity contribution in [3.63, 3.8) is 0 Å². The molecule has 4 nitrogen and oxygen atoms in total. The molecule has 1 atom stereocenters. The molecule has 0 saturated heterocycles. The summed E-state index contributed by atoms with van der Waals surface area (Å²) in [6.45, 7) is 5.42. The molecule has 0 aliphatic rings. The highest BCUT2D eigenvalue weighted by atomic mass is 16.5. The van der Waals surface area contributed by atoms with Crippen molar-refractivity contribution in [2.75, 3.05) is 19.8 Å². The van der Waals surface area contributed by atoms with E-state index >= 15 is 0 Å². The van der Waals surface area contributed by atoms with Crippen LogP contribution in [-0.4, -0.2) is 31.8 Å². The third-order valence-electron chi connectivity index (χ3n) is 1.24. The molecule has 0 rings (SSSR count). The van der Waals surface area contributed by atoms with Crippen LogP contribution in [0.1, 0.15) is 13.8 Å². The van der Waals surface area contributed by atoms with Crippen LogP contribution in [0, 0.1) is 5.41 Å². The lowest BCUT2D eigenvalue weighted by atomic mass is 10.4. The molecule has 0 radical (unpaired) electrons. The van der Waals surface area contributed by atoms with Crippen LogP contribution in [0.5, 0.6) is 0 Å².